The molecule has 2 N–H and O–H groups in total. The number of anilines is 3. The number of hydrogen-bond acceptors (Lipinski definition) is 8. The molecule has 0 bridgehead atoms. The predicted octanol–water partition coefficient (Wildman–Crippen LogP) is 2.89. The smallest absolute Gasteiger partial charge is 0.255 e. The lowest BCUT2D eigenvalue weighted by Crippen LogP contribution is -2.43. The number of aromatic nitrogens is 4. The lowest BCUT2D eigenvalue weighted by Gasteiger charge is -2.29. The van der Waals surface area contributed by atoms with Gasteiger partial charge in [0.15, 0.2) is 0 Å². The van der Waals surface area contributed by atoms with E-state index in [1.165, 1.54) is 0 Å². The molecule has 0 amide bonds. The Balaban J connectivity index is 1.49. The van der Waals surface area contributed by atoms with E-state index in [2.05, 4.69) is 31.6 Å². The molecule has 34 heavy (non-hydrogen) atoms. The molecule has 0 unspecified atom stereocenters. The number of aryl methyl sites for hydroxylation is 1. The van der Waals surface area contributed by atoms with Crippen LogP contribution >= 0.6 is 0 Å². The first-order chi connectivity index (χ1) is 16.7. The fourth-order valence-electron chi connectivity index (χ4n) is 5.13. The second-order valence-electron chi connectivity index (χ2n) is 9.12. The molecule has 2 fully saturated rings. The second-order valence-corrected chi connectivity index (χ2v) is 9.12. The minimum Gasteiger partial charge on any atom is -0.368 e. The topological polar surface area (TPSA) is 105 Å². The summed E-state index contributed by atoms with van der Waals surface area (Å²) in [4.78, 5) is 40.7. The molecule has 9 heteroatoms. The van der Waals surface area contributed by atoms with Gasteiger partial charge in [-0.05, 0) is 43.9 Å². The Hall–Kier alpha value is -3.33. The Bertz CT molecular complexity index is 1230. The summed E-state index contributed by atoms with van der Waals surface area (Å²) in [5, 5.41) is 7.43. The van der Waals surface area contributed by atoms with Crippen molar-refractivity contribution in [2.75, 3.05) is 36.4 Å². The summed E-state index contributed by atoms with van der Waals surface area (Å²) in [6.07, 6.45) is 9.44. The first-order valence-electron chi connectivity index (χ1n) is 12.2. The van der Waals surface area contributed by atoms with Gasteiger partial charge in [-0.25, -0.2) is 9.97 Å². The van der Waals surface area contributed by atoms with Crippen molar-refractivity contribution in [3.05, 3.63) is 46.0 Å². The Labute approximate surface area is 198 Å². The van der Waals surface area contributed by atoms with Crippen LogP contribution in [0.25, 0.3) is 11.0 Å². The molecular weight excluding hydrogens is 430 g/mol. The Kier molecular flexibility index (Phi) is 6.53. The first-order valence-corrected chi connectivity index (χ1v) is 12.2. The van der Waals surface area contributed by atoms with Crippen LogP contribution in [0, 0.1) is 6.92 Å². The van der Waals surface area contributed by atoms with Crippen LogP contribution in [-0.2, 0) is 11.2 Å². The molecular formula is C25H31N7O2. The molecule has 1 aliphatic heterocycles. The van der Waals surface area contributed by atoms with Gasteiger partial charge in [-0.1, -0.05) is 12.8 Å². The molecule has 178 valence electrons. The van der Waals surface area contributed by atoms with Crippen LogP contribution in [0.2, 0.25) is 0 Å². The summed E-state index contributed by atoms with van der Waals surface area (Å²) >= 11 is 0. The van der Waals surface area contributed by atoms with Crippen molar-refractivity contribution in [1.82, 2.24) is 24.8 Å². The highest BCUT2D eigenvalue weighted by atomic mass is 16.1. The molecule has 1 aliphatic carbocycles. The van der Waals surface area contributed by atoms with E-state index in [-0.39, 0.29) is 11.6 Å². The minimum absolute atomic E-state index is 0.0260. The molecule has 1 saturated carbocycles. The van der Waals surface area contributed by atoms with Gasteiger partial charge in [-0.15, -0.1) is 0 Å². The molecule has 9 nitrogen and oxygen atoms in total. The van der Waals surface area contributed by atoms with Gasteiger partial charge < -0.3 is 20.3 Å². The SMILES string of the molecule is Cc1c(CCC=O)c(=O)n(C2CCCC2)c2nc(Nc3ccc(N4CCNCC4)cn3)ncc12. The zero-order valence-corrected chi connectivity index (χ0v) is 19.6. The lowest BCUT2D eigenvalue weighted by atomic mass is 10.0. The van der Waals surface area contributed by atoms with Crippen LogP contribution < -0.4 is 21.1 Å². The Morgan fingerprint density at radius 2 is 1.94 bits per heavy atom. The Morgan fingerprint density at radius 1 is 1.15 bits per heavy atom. The molecule has 1 saturated heterocycles. The fourth-order valence-corrected chi connectivity index (χ4v) is 5.13. The van der Waals surface area contributed by atoms with E-state index >= 15 is 0 Å². The van der Waals surface area contributed by atoms with Crippen LogP contribution in [0.3, 0.4) is 0 Å². The van der Waals surface area contributed by atoms with Crippen LogP contribution in [0.15, 0.2) is 29.3 Å². The van der Waals surface area contributed by atoms with Crippen molar-refractivity contribution in [1.29, 1.82) is 0 Å². The Morgan fingerprint density at radius 3 is 2.65 bits per heavy atom. The summed E-state index contributed by atoms with van der Waals surface area (Å²) in [7, 11) is 0. The van der Waals surface area contributed by atoms with Crippen molar-refractivity contribution < 1.29 is 4.79 Å². The number of rotatable bonds is 7. The zero-order valence-electron chi connectivity index (χ0n) is 19.6. The molecule has 5 rings (SSSR count). The molecule has 2 aliphatic rings. The number of hydrogen-bond donors (Lipinski definition) is 2. The second kappa shape index (κ2) is 9.89. The average Bonchev–Trinajstić information content (AvgIpc) is 3.39. The average molecular weight is 462 g/mol. The number of piperazine rings is 1. The van der Waals surface area contributed by atoms with E-state index in [0.717, 1.165) is 74.8 Å². The van der Waals surface area contributed by atoms with E-state index in [4.69, 9.17) is 4.98 Å². The number of nitrogens with one attached hydrogen (secondary N) is 2. The van der Waals surface area contributed by atoms with Crippen molar-refractivity contribution in [2.24, 2.45) is 0 Å². The van der Waals surface area contributed by atoms with Crippen LogP contribution in [-0.4, -0.2) is 52.0 Å². The number of carbonyl (C=O) groups excluding carboxylic acids is 1. The van der Waals surface area contributed by atoms with Gasteiger partial charge in [0.2, 0.25) is 5.95 Å². The normalized spacial score (nSPS) is 16.8. The minimum atomic E-state index is -0.0260. The number of carbonyl (C=O) groups is 1. The maximum absolute atomic E-state index is 13.5. The van der Waals surface area contributed by atoms with Gasteiger partial charge in [-0.3, -0.25) is 9.36 Å². The quantitative estimate of drug-likeness (QED) is 0.518. The zero-order chi connectivity index (χ0) is 23.5. The third kappa shape index (κ3) is 4.40. The molecule has 3 aromatic heterocycles. The largest absolute Gasteiger partial charge is 0.368 e. The number of pyridine rings is 2. The highest BCUT2D eigenvalue weighted by molar-refractivity contribution is 5.81. The van der Waals surface area contributed by atoms with Crippen LogP contribution in [0.5, 0.6) is 0 Å². The van der Waals surface area contributed by atoms with E-state index in [1.54, 1.807) is 6.20 Å². The molecule has 0 atom stereocenters. The van der Waals surface area contributed by atoms with Gasteiger partial charge in [0.05, 0.1) is 11.9 Å². The number of aldehydes is 1. The van der Waals surface area contributed by atoms with Crippen LogP contribution in [0.1, 0.15) is 49.3 Å². The highest BCUT2D eigenvalue weighted by Gasteiger charge is 2.24. The highest BCUT2D eigenvalue weighted by Crippen LogP contribution is 2.32. The third-order valence-electron chi connectivity index (χ3n) is 7.00. The van der Waals surface area contributed by atoms with Gasteiger partial charge in [0.1, 0.15) is 17.8 Å². The van der Waals surface area contributed by atoms with Gasteiger partial charge in [-0.2, -0.15) is 4.98 Å². The molecule has 0 aromatic carbocycles. The van der Waals surface area contributed by atoms with Gasteiger partial charge >= 0.3 is 0 Å². The summed E-state index contributed by atoms with van der Waals surface area (Å²) in [5.74, 6) is 1.08. The predicted molar refractivity (Wildman–Crippen MR) is 133 cm³/mol. The molecule has 3 aromatic rings. The van der Waals surface area contributed by atoms with E-state index in [0.29, 0.717) is 35.8 Å². The van der Waals surface area contributed by atoms with Crippen molar-refractivity contribution in [3.8, 4) is 0 Å². The van der Waals surface area contributed by atoms with Gasteiger partial charge in [0.25, 0.3) is 5.56 Å². The van der Waals surface area contributed by atoms with Gasteiger partial charge in [0, 0.05) is 55.8 Å². The molecule has 0 radical (unpaired) electrons. The molecule has 4 heterocycles. The summed E-state index contributed by atoms with van der Waals surface area (Å²) < 4.78 is 1.85. The standard InChI is InChI=1S/C25H31N7O2/c1-17-20(7-4-14-33)24(34)32(18-5-2-3-6-18)23-21(17)16-28-25(30-23)29-22-9-8-19(15-27-22)31-12-10-26-11-13-31/h8-9,14-16,18,26H,2-7,10-13H2,1H3,(H,27,28,29,30). The van der Waals surface area contributed by atoms with E-state index in [9.17, 15) is 9.59 Å². The first kappa shape index (κ1) is 22.5. The summed E-state index contributed by atoms with van der Waals surface area (Å²) in [6.45, 7) is 5.81. The lowest BCUT2D eigenvalue weighted by molar-refractivity contribution is -0.107. The van der Waals surface area contributed by atoms with E-state index < -0.39 is 0 Å². The monoisotopic (exact) mass is 461 g/mol. The number of fused-ring (bicyclic) bond motifs is 1. The van der Waals surface area contributed by atoms with Crippen LogP contribution in [0.4, 0.5) is 17.5 Å². The van der Waals surface area contributed by atoms with E-state index in [1.807, 2.05) is 23.8 Å². The van der Waals surface area contributed by atoms with Crippen molar-refractivity contribution in [2.45, 2.75) is 51.5 Å². The third-order valence-corrected chi connectivity index (χ3v) is 7.00. The molecule has 0 spiro atoms. The maximum Gasteiger partial charge on any atom is 0.255 e. The van der Waals surface area contributed by atoms with Crippen molar-refractivity contribution >= 4 is 34.8 Å². The maximum atomic E-state index is 13.5. The van der Waals surface area contributed by atoms with Crippen molar-refractivity contribution in [3.63, 3.8) is 0 Å². The summed E-state index contributed by atoms with van der Waals surface area (Å²) in [6, 6.07) is 4.12. The fraction of sp³-hybridized carbons (Fsp3) is 0.480. The summed E-state index contributed by atoms with van der Waals surface area (Å²) in [5.41, 5.74) is 3.28. The number of nitrogens with zero attached hydrogens (tertiary/aromatic N) is 5.